The van der Waals surface area contributed by atoms with Crippen LogP contribution >= 0.6 is 15.9 Å². The fourth-order valence-electron chi connectivity index (χ4n) is 2.86. The first-order valence-electron chi connectivity index (χ1n) is 9.48. The molecule has 0 radical (unpaired) electrons. The van der Waals surface area contributed by atoms with Gasteiger partial charge in [-0.3, -0.25) is 14.4 Å². The van der Waals surface area contributed by atoms with Crippen molar-refractivity contribution >= 4 is 39.2 Å². The Balaban J connectivity index is 1.51. The van der Waals surface area contributed by atoms with Crippen LogP contribution in [-0.4, -0.2) is 24.1 Å². The van der Waals surface area contributed by atoms with Crippen LogP contribution in [0.3, 0.4) is 0 Å². The number of hydrogen-bond donors (Lipinski definition) is 2. The third-order valence-corrected chi connectivity index (χ3v) is 5.05. The minimum absolute atomic E-state index is 0.0953. The average Bonchev–Trinajstić information content (AvgIpc) is 2.76. The first-order valence-corrected chi connectivity index (χ1v) is 10.3. The molecular weight excluding hydrogens is 444 g/mol. The summed E-state index contributed by atoms with van der Waals surface area (Å²) in [6.45, 7) is 2.12. The molecule has 0 spiro atoms. The quantitative estimate of drug-likeness (QED) is 0.495. The molecule has 0 heterocycles. The minimum Gasteiger partial charge on any atom is -0.352 e. The molecule has 3 aromatic rings. The van der Waals surface area contributed by atoms with E-state index in [1.807, 2.05) is 43.3 Å². The number of carbonyl (C=O) groups excluding carboxylic acids is 3. The molecule has 3 aromatic carbocycles. The molecule has 0 saturated heterocycles. The molecule has 0 aliphatic heterocycles. The maximum atomic E-state index is 12.4. The Labute approximate surface area is 183 Å². The number of amides is 2. The van der Waals surface area contributed by atoms with Crippen molar-refractivity contribution in [2.45, 2.75) is 13.3 Å². The molecule has 0 atom stereocenters. The highest BCUT2D eigenvalue weighted by molar-refractivity contribution is 9.10. The Bertz CT molecular complexity index is 1060. The number of hydrogen-bond acceptors (Lipinski definition) is 3. The molecule has 0 saturated carbocycles. The van der Waals surface area contributed by atoms with Crippen molar-refractivity contribution in [3.8, 4) is 0 Å². The number of halogens is 1. The van der Waals surface area contributed by atoms with Gasteiger partial charge < -0.3 is 10.6 Å². The predicted molar refractivity (Wildman–Crippen MR) is 121 cm³/mol. The van der Waals surface area contributed by atoms with Gasteiger partial charge in [0.1, 0.15) is 0 Å². The smallest absolute Gasteiger partial charge is 0.251 e. The minimum atomic E-state index is -0.292. The highest BCUT2D eigenvalue weighted by atomic mass is 79.9. The number of rotatable bonds is 7. The lowest BCUT2D eigenvalue weighted by atomic mass is 10.0. The third-order valence-electron chi connectivity index (χ3n) is 4.56. The second-order valence-corrected chi connectivity index (χ2v) is 7.70. The van der Waals surface area contributed by atoms with Crippen molar-refractivity contribution in [1.82, 2.24) is 5.32 Å². The molecule has 0 aliphatic carbocycles. The van der Waals surface area contributed by atoms with Gasteiger partial charge in [-0.15, -0.1) is 0 Å². The van der Waals surface area contributed by atoms with Crippen LogP contribution in [0.1, 0.15) is 38.3 Å². The SMILES string of the molecule is Cc1ccc(Br)cc1NC(=O)CCNC(=O)c1ccc(C(=O)c2ccccc2)cc1. The van der Waals surface area contributed by atoms with Gasteiger partial charge in [0.25, 0.3) is 5.91 Å². The van der Waals surface area contributed by atoms with Crippen LogP contribution in [0.15, 0.2) is 77.3 Å². The van der Waals surface area contributed by atoms with Crippen molar-refractivity contribution in [1.29, 1.82) is 0 Å². The molecule has 0 unspecified atom stereocenters. The van der Waals surface area contributed by atoms with Gasteiger partial charge in [0.15, 0.2) is 5.78 Å². The lowest BCUT2D eigenvalue weighted by Gasteiger charge is -2.10. The molecule has 5 nitrogen and oxygen atoms in total. The van der Waals surface area contributed by atoms with Crippen LogP contribution in [0.4, 0.5) is 5.69 Å². The zero-order valence-electron chi connectivity index (χ0n) is 16.4. The second-order valence-electron chi connectivity index (χ2n) is 6.79. The Morgan fingerprint density at radius 3 is 2.17 bits per heavy atom. The van der Waals surface area contributed by atoms with Gasteiger partial charge in [0.2, 0.25) is 5.91 Å². The van der Waals surface area contributed by atoms with E-state index >= 15 is 0 Å². The monoisotopic (exact) mass is 464 g/mol. The van der Waals surface area contributed by atoms with Crippen molar-refractivity contribution in [2.75, 3.05) is 11.9 Å². The lowest BCUT2D eigenvalue weighted by Crippen LogP contribution is -2.27. The van der Waals surface area contributed by atoms with Crippen LogP contribution in [0.25, 0.3) is 0 Å². The summed E-state index contributed by atoms with van der Waals surface area (Å²) in [6.07, 6.45) is 0.155. The number of carbonyl (C=O) groups is 3. The number of nitrogens with one attached hydrogen (secondary N) is 2. The summed E-state index contributed by atoms with van der Waals surface area (Å²) < 4.78 is 0.880. The highest BCUT2D eigenvalue weighted by Crippen LogP contribution is 2.20. The van der Waals surface area contributed by atoms with E-state index in [-0.39, 0.29) is 30.6 Å². The fourth-order valence-corrected chi connectivity index (χ4v) is 3.22. The van der Waals surface area contributed by atoms with Crippen LogP contribution in [-0.2, 0) is 4.79 Å². The summed E-state index contributed by atoms with van der Waals surface area (Å²) in [6, 6.07) is 21.1. The van der Waals surface area contributed by atoms with Crippen molar-refractivity contribution in [3.05, 3.63) is 99.5 Å². The zero-order chi connectivity index (χ0) is 21.5. The Morgan fingerprint density at radius 1 is 0.833 bits per heavy atom. The van der Waals surface area contributed by atoms with Crippen LogP contribution < -0.4 is 10.6 Å². The molecule has 0 fully saturated rings. The van der Waals surface area contributed by atoms with Gasteiger partial charge in [-0.2, -0.15) is 0 Å². The Kier molecular flexibility index (Phi) is 7.14. The first-order chi connectivity index (χ1) is 14.4. The van der Waals surface area contributed by atoms with Crippen molar-refractivity contribution in [2.24, 2.45) is 0 Å². The summed E-state index contributed by atoms with van der Waals surface area (Å²) in [5.41, 5.74) is 3.24. The van der Waals surface area contributed by atoms with Gasteiger partial charge in [0.05, 0.1) is 0 Å². The van der Waals surface area contributed by atoms with E-state index in [1.165, 1.54) is 0 Å². The molecule has 2 amide bonds. The number of anilines is 1. The van der Waals surface area contributed by atoms with Gasteiger partial charge >= 0.3 is 0 Å². The normalized spacial score (nSPS) is 10.3. The van der Waals surface area contributed by atoms with Gasteiger partial charge in [-0.1, -0.05) is 64.5 Å². The van der Waals surface area contributed by atoms with Crippen molar-refractivity contribution < 1.29 is 14.4 Å². The maximum absolute atomic E-state index is 12.4. The lowest BCUT2D eigenvalue weighted by molar-refractivity contribution is -0.116. The fraction of sp³-hybridized carbons (Fsp3) is 0.125. The largest absolute Gasteiger partial charge is 0.352 e. The van der Waals surface area contributed by atoms with E-state index < -0.39 is 0 Å². The van der Waals surface area contributed by atoms with E-state index in [0.717, 1.165) is 15.7 Å². The average molecular weight is 465 g/mol. The van der Waals surface area contributed by atoms with Crippen LogP contribution in [0.5, 0.6) is 0 Å². The second kappa shape index (κ2) is 9.98. The Hall–Kier alpha value is -3.25. The number of benzene rings is 3. The molecule has 152 valence electrons. The van der Waals surface area contributed by atoms with Crippen molar-refractivity contribution in [3.63, 3.8) is 0 Å². The van der Waals surface area contributed by atoms with E-state index in [4.69, 9.17) is 0 Å². The summed E-state index contributed by atoms with van der Waals surface area (Å²) in [5.74, 6) is -0.567. The summed E-state index contributed by atoms with van der Waals surface area (Å²) in [4.78, 5) is 36.9. The predicted octanol–water partition coefficient (Wildman–Crippen LogP) is 4.75. The van der Waals surface area contributed by atoms with E-state index in [0.29, 0.717) is 16.7 Å². The van der Waals surface area contributed by atoms with Gasteiger partial charge in [-0.25, -0.2) is 0 Å². The molecule has 2 N–H and O–H groups in total. The maximum Gasteiger partial charge on any atom is 0.251 e. The first kappa shape index (κ1) is 21.5. The molecule has 30 heavy (non-hydrogen) atoms. The van der Waals surface area contributed by atoms with E-state index in [9.17, 15) is 14.4 Å². The van der Waals surface area contributed by atoms with Gasteiger partial charge in [-0.05, 0) is 36.8 Å². The van der Waals surface area contributed by atoms with E-state index in [1.54, 1.807) is 36.4 Å². The standard InChI is InChI=1S/C24H21BrN2O3/c1-16-7-12-20(25)15-21(16)27-22(28)13-14-26-24(30)19-10-8-18(9-11-19)23(29)17-5-3-2-4-6-17/h2-12,15H,13-14H2,1H3,(H,26,30)(H,27,28). The summed E-state index contributed by atoms with van der Waals surface area (Å²) in [7, 11) is 0. The van der Waals surface area contributed by atoms with E-state index in [2.05, 4.69) is 26.6 Å². The molecular formula is C24H21BrN2O3. The van der Waals surface area contributed by atoms with Gasteiger partial charge in [0, 0.05) is 39.8 Å². The topological polar surface area (TPSA) is 75.3 Å². The van der Waals surface area contributed by atoms with Crippen LogP contribution in [0.2, 0.25) is 0 Å². The summed E-state index contributed by atoms with van der Waals surface area (Å²) in [5, 5.41) is 5.57. The third kappa shape index (κ3) is 5.64. The van der Waals surface area contributed by atoms with Crippen LogP contribution in [0, 0.1) is 6.92 Å². The number of aryl methyl sites for hydroxylation is 1. The number of ketones is 1. The molecule has 0 aromatic heterocycles. The summed E-state index contributed by atoms with van der Waals surface area (Å²) >= 11 is 3.38. The Morgan fingerprint density at radius 2 is 1.47 bits per heavy atom. The molecule has 0 bridgehead atoms. The molecule has 6 heteroatoms. The molecule has 3 rings (SSSR count). The highest BCUT2D eigenvalue weighted by Gasteiger charge is 2.11. The zero-order valence-corrected chi connectivity index (χ0v) is 18.0. The molecule has 0 aliphatic rings.